The van der Waals surface area contributed by atoms with Crippen LogP contribution in [0.25, 0.3) is 0 Å². The summed E-state index contributed by atoms with van der Waals surface area (Å²) in [5.41, 5.74) is 0. The molecule has 7 heteroatoms. The summed E-state index contributed by atoms with van der Waals surface area (Å²) >= 11 is 0. The zero-order valence-corrected chi connectivity index (χ0v) is 13.4. The lowest BCUT2D eigenvalue weighted by molar-refractivity contribution is -0.144. The molecule has 0 aromatic rings. The van der Waals surface area contributed by atoms with E-state index in [2.05, 4.69) is 11.9 Å². The first-order valence-corrected chi connectivity index (χ1v) is 8.18. The number of carbonyl (C=O) groups excluding carboxylic acids is 2. The molecular formula is C16H25F2N3O2. The van der Waals surface area contributed by atoms with Crippen molar-refractivity contribution in [1.82, 2.24) is 15.1 Å². The Morgan fingerprint density at radius 1 is 1.26 bits per heavy atom. The molecule has 2 rings (SSSR count). The van der Waals surface area contributed by atoms with Gasteiger partial charge in [0.05, 0.1) is 12.5 Å². The molecule has 0 aromatic heterocycles. The Bertz CT molecular complexity index is 447. The average Bonchev–Trinajstić information content (AvgIpc) is 2.52. The molecular weight excluding hydrogens is 304 g/mol. The van der Waals surface area contributed by atoms with Gasteiger partial charge in [-0.2, -0.15) is 0 Å². The van der Waals surface area contributed by atoms with Crippen LogP contribution in [-0.2, 0) is 9.59 Å². The third-order valence-electron chi connectivity index (χ3n) is 4.47. The second kappa shape index (κ2) is 7.86. The standard InChI is InChI=1S/C16H25F2N3O2/c1-2-7-19-14(22)12-20-8-3-4-13(11-20)15(23)21-9-5-16(17,18)6-10-21/h2,13H,1,3-12H2,(H,19,22). The smallest absolute Gasteiger partial charge is 0.251 e. The highest BCUT2D eigenvalue weighted by atomic mass is 19.3. The van der Waals surface area contributed by atoms with Gasteiger partial charge in [0.2, 0.25) is 11.8 Å². The number of halogens is 2. The number of hydrogen-bond acceptors (Lipinski definition) is 3. The molecule has 2 fully saturated rings. The van der Waals surface area contributed by atoms with E-state index in [4.69, 9.17) is 0 Å². The summed E-state index contributed by atoms with van der Waals surface area (Å²) < 4.78 is 26.4. The van der Waals surface area contributed by atoms with E-state index >= 15 is 0 Å². The third kappa shape index (κ3) is 5.27. The Morgan fingerprint density at radius 3 is 2.61 bits per heavy atom. The zero-order chi connectivity index (χ0) is 16.9. The number of nitrogens with one attached hydrogen (secondary N) is 1. The molecule has 2 aliphatic rings. The monoisotopic (exact) mass is 329 g/mol. The summed E-state index contributed by atoms with van der Waals surface area (Å²) in [5.74, 6) is -2.96. The third-order valence-corrected chi connectivity index (χ3v) is 4.47. The fraction of sp³-hybridized carbons (Fsp3) is 0.750. The molecule has 0 spiro atoms. The average molecular weight is 329 g/mol. The summed E-state index contributed by atoms with van der Waals surface area (Å²) in [6.45, 7) is 5.79. The molecule has 2 saturated heterocycles. The molecule has 1 unspecified atom stereocenters. The van der Waals surface area contributed by atoms with Gasteiger partial charge in [0, 0.05) is 39.0 Å². The lowest BCUT2D eigenvalue weighted by Crippen LogP contribution is -2.50. The SMILES string of the molecule is C=CCNC(=O)CN1CCCC(C(=O)N2CCC(F)(F)CC2)C1. The molecule has 2 amide bonds. The predicted octanol–water partition coefficient (Wildman–Crippen LogP) is 1.26. The van der Waals surface area contributed by atoms with E-state index in [1.165, 1.54) is 0 Å². The van der Waals surface area contributed by atoms with E-state index in [-0.39, 0.29) is 50.2 Å². The van der Waals surface area contributed by atoms with Crippen molar-refractivity contribution in [2.45, 2.75) is 31.6 Å². The Morgan fingerprint density at radius 2 is 1.96 bits per heavy atom. The van der Waals surface area contributed by atoms with Gasteiger partial charge in [-0.3, -0.25) is 14.5 Å². The van der Waals surface area contributed by atoms with Crippen molar-refractivity contribution in [1.29, 1.82) is 0 Å². The van der Waals surface area contributed by atoms with Crippen LogP contribution >= 0.6 is 0 Å². The van der Waals surface area contributed by atoms with Crippen LogP contribution in [0.4, 0.5) is 8.78 Å². The van der Waals surface area contributed by atoms with Crippen molar-refractivity contribution >= 4 is 11.8 Å². The van der Waals surface area contributed by atoms with Crippen molar-refractivity contribution in [2.75, 3.05) is 39.3 Å². The topological polar surface area (TPSA) is 52.7 Å². The van der Waals surface area contributed by atoms with Crippen molar-refractivity contribution in [3.8, 4) is 0 Å². The normalized spacial score (nSPS) is 25.0. The molecule has 0 aliphatic carbocycles. The number of carbonyl (C=O) groups is 2. The summed E-state index contributed by atoms with van der Waals surface area (Å²) in [6.07, 6.45) is 2.72. The second-order valence-electron chi connectivity index (χ2n) is 6.35. The number of rotatable bonds is 5. The highest BCUT2D eigenvalue weighted by Crippen LogP contribution is 2.29. The molecule has 0 saturated carbocycles. The second-order valence-corrected chi connectivity index (χ2v) is 6.35. The minimum absolute atomic E-state index is 0.0447. The number of likely N-dealkylation sites (tertiary alicyclic amines) is 2. The minimum Gasteiger partial charge on any atom is -0.352 e. The van der Waals surface area contributed by atoms with Crippen molar-refractivity contribution in [3.63, 3.8) is 0 Å². The number of hydrogen-bond donors (Lipinski definition) is 1. The molecule has 130 valence electrons. The number of alkyl halides is 2. The highest BCUT2D eigenvalue weighted by Gasteiger charge is 2.38. The molecule has 5 nitrogen and oxygen atoms in total. The number of nitrogens with zero attached hydrogens (tertiary/aromatic N) is 2. The molecule has 1 atom stereocenters. The summed E-state index contributed by atoms with van der Waals surface area (Å²) in [6, 6.07) is 0. The Hall–Kier alpha value is -1.50. The Balaban J connectivity index is 1.82. The van der Waals surface area contributed by atoms with Gasteiger partial charge in [-0.1, -0.05) is 6.08 Å². The number of amides is 2. The molecule has 0 aromatic carbocycles. The molecule has 0 radical (unpaired) electrons. The van der Waals surface area contributed by atoms with Crippen LogP contribution in [0.3, 0.4) is 0 Å². The summed E-state index contributed by atoms with van der Waals surface area (Å²) in [4.78, 5) is 27.8. The van der Waals surface area contributed by atoms with E-state index in [0.717, 1.165) is 19.4 Å². The maximum atomic E-state index is 13.2. The van der Waals surface area contributed by atoms with Gasteiger partial charge >= 0.3 is 0 Å². The van der Waals surface area contributed by atoms with Crippen LogP contribution in [0, 0.1) is 5.92 Å². The van der Waals surface area contributed by atoms with E-state index in [1.54, 1.807) is 11.0 Å². The molecule has 2 aliphatic heterocycles. The van der Waals surface area contributed by atoms with Gasteiger partial charge < -0.3 is 10.2 Å². The zero-order valence-electron chi connectivity index (χ0n) is 13.4. The lowest BCUT2D eigenvalue weighted by atomic mass is 9.95. The number of piperidine rings is 2. The van der Waals surface area contributed by atoms with Crippen molar-refractivity contribution in [3.05, 3.63) is 12.7 Å². The highest BCUT2D eigenvalue weighted by molar-refractivity contribution is 5.80. The van der Waals surface area contributed by atoms with Crippen LogP contribution in [-0.4, -0.2) is 66.8 Å². The van der Waals surface area contributed by atoms with Crippen LogP contribution in [0.1, 0.15) is 25.7 Å². The van der Waals surface area contributed by atoms with Crippen LogP contribution in [0.15, 0.2) is 12.7 Å². The fourth-order valence-corrected chi connectivity index (χ4v) is 3.16. The van der Waals surface area contributed by atoms with Gasteiger partial charge in [0.1, 0.15) is 0 Å². The molecule has 2 heterocycles. The quantitative estimate of drug-likeness (QED) is 0.773. The van der Waals surface area contributed by atoms with Crippen molar-refractivity contribution in [2.24, 2.45) is 5.92 Å². The van der Waals surface area contributed by atoms with Gasteiger partial charge in [0.15, 0.2) is 0 Å². The van der Waals surface area contributed by atoms with E-state index < -0.39 is 5.92 Å². The maximum Gasteiger partial charge on any atom is 0.251 e. The van der Waals surface area contributed by atoms with E-state index in [9.17, 15) is 18.4 Å². The van der Waals surface area contributed by atoms with E-state index in [1.807, 2.05) is 4.90 Å². The first kappa shape index (κ1) is 17.8. The van der Waals surface area contributed by atoms with Crippen LogP contribution in [0.5, 0.6) is 0 Å². The first-order chi connectivity index (χ1) is 10.9. The molecule has 0 bridgehead atoms. The fourth-order valence-electron chi connectivity index (χ4n) is 3.16. The largest absolute Gasteiger partial charge is 0.352 e. The first-order valence-electron chi connectivity index (χ1n) is 8.18. The van der Waals surface area contributed by atoms with Gasteiger partial charge in [-0.05, 0) is 19.4 Å². The lowest BCUT2D eigenvalue weighted by Gasteiger charge is -2.37. The van der Waals surface area contributed by atoms with Crippen LogP contribution in [0.2, 0.25) is 0 Å². The van der Waals surface area contributed by atoms with E-state index in [0.29, 0.717) is 13.1 Å². The minimum atomic E-state index is -2.64. The maximum absolute atomic E-state index is 13.2. The molecule has 23 heavy (non-hydrogen) atoms. The Kier molecular flexibility index (Phi) is 6.10. The van der Waals surface area contributed by atoms with Gasteiger partial charge in [-0.25, -0.2) is 8.78 Å². The van der Waals surface area contributed by atoms with Gasteiger partial charge in [-0.15, -0.1) is 6.58 Å². The summed E-state index contributed by atoms with van der Waals surface area (Å²) in [7, 11) is 0. The van der Waals surface area contributed by atoms with Gasteiger partial charge in [0.25, 0.3) is 5.92 Å². The summed E-state index contributed by atoms with van der Waals surface area (Å²) in [5, 5.41) is 2.72. The Labute approximate surface area is 135 Å². The van der Waals surface area contributed by atoms with Crippen molar-refractivity contribution < 1.29 is 18.4 Å². The molecule has 1 N–H and O–H groups in total. The van der Waals surface area contributed by atoms with Crippen LogP contribution < -0.4 is 5.32 Å². The predicted molar refractivity (Wildman–Crippen MR) is 83.1 cm³/mol.